The number of aromatic nitrogens is 2. The number of hydrogen-bond acceptors (Lipinski definition) is 2. The fourth-order valence-corrected chi connectivity index (χ4v) is 1.23. The Bertz CT molecular complexity index is 395. The van der Waals surface area contributed by atoms with Crippen molar-refractivity contribution >= 4 is 0 Å². The number of ether oxygens (including phenoxy) is 1. The molecule has 0 amide bonds. The fourth-order valence-electron chi connectivity index (χ4n) is 1.23. The number of hydrogen-bond donors (Lipinski definition) is 1. The van der Waals surface area contributed by atoms with Crippen molar-refractivity contribution in [2.24, 2.45) is 0 Å². The van der Waals surface area contributed by atoms with E-state index in [1.165, 1.54) is 0 Å². The lowest BCUT2D eigenvalue weighted by Crippen LogP contribution is -1.94. The SMILES string of the molecule is Cc1n[nH]cc1OCc1ccccc1. The number of nitrogens with one attached hydrogen (secondary N) is 1. The molecule has 0 bridgehead atoms. The summed E-state index contributed by atoms with van der Waals surface area (Å²) in [6, 6.07) is 10.1. The van der Waals surface area contributed by atoms with Crippen LogP contribution in [0.4, 0.5) is 0 Å². The minimum atomic E-state index is 0.585. The Morgan fingerprint density at radius 3 is 2.71 bits per heavy atom. The molecule has 0 spiro atoms. The molecule has 0 radical (unpaired) electrons. The maximum absolute atomic E-state index is 5.57. The van der Waals surface area contributed by atoms with Crippen molar-refractivity contribution in [1.82, 2.24) is 10.2 Å². The summed E-state index contributed by atoms with van der Waals surface area (Å²) in [5, 5.41) is 6.74. The van der Waals surface area contributed by atoms with Gasteiger partial charge >= 0.3 is 0 Å². The summed E-state index contributed by atoms with van der Waals surface area (Å²) in [7, 11) is 0. The topological polar surface area (TPSA) is 37.9 Å². The summed E-state index contributed by atoms with van der Waals surface area (Å²) >= 11 is 0. The fraction of sp³-hybridized carbons (Fsp3) is 0.182. The van der Waals surface area contributed by atoms with Crippen LogP contribution in [0.5, 0.6) is 5.75 Å². The van der Waals surface area contributed by atoms with Gasteiger partial charge in [0.05, 0.1) is 6.20 Å². The van der Waals surface area contributed by atoms with Crippen LogP contribution in [0.15, 0.2) is 36.5 Å². The average molecular weight is 188 g/mol. The summed E-state index contributed by atoms with van der Waals surface area (Å²) in [4.78, 5) is 0. The molecule has 0 unspecified atom stereocenters. The lowest BCUT2D eigenvalue weighted by molar-refractivity contribution is 0.304. The summed E-state index contributed by atoms with van der Waals surface area (Å²) in [6.45, 7) is 2.50. The zero-order chi connectivity index (χ0) is 9.80. The van der Waals surface area contributed by atoms with Crippen molar-refractivity contribution in [3.8, 4) is 5.75 Å². The van der Waals surface area contributed by atoms with E-state index < -0.39 is 0 Å². The van der Waals surface area contributed by atoms with Crippen LogP contribution < -0.4 is 4.74 Å². The minimum absolute atomic E-state index is 0.585. The highest BCUT2D eigenvalue weighted by Crippen LogP contribution is 2.14. The summed E-state index contributed by atoms with van der Waals surface area (Å²) in [5.41, 5.74) is 2.05. The largest absolute Gasteiger partial charge is 0.485 e. The molecule has 3 heteroatoms. The first-order chi connectivity index (χ1) is 6.86. The van der Waals surface area contributed by atoms with E-state index in [9.17, 15) is 0 Å². The maximum Gasteiger partial charge on any atom is 0.160 e. The molecule has 72 valence electrons. The molecule has 0 fully saturated rings. The Kier molecular flexibility index (Phi) is 2.49. The molecule has 0 saturated heterocycles. The van der Waals surface area contributed by atoms with Gasteiger partial charge in [-0.25, -0.2) is 0 Å². The van der Waals surface area contributed by atoms with Crippen LogP contribution in [-0.2, 0) is 6.61 Å². The normalized spacial score (nSPS) is 10.1. The quantitative estimate of drug-likeness (QED) is 0.802. The number of aryl methyl sites for hydroxylation is 1. The van der Waals surface area contributed by atoms with Gasteiger partial charge in [0, 0.05) is 0 Å². The van der Waals surface area contributed by atoms with E-state index in [0.29, 0.717) is 6.61 Å². The second-order valence-corrected chi connectivity index (χ2v) is 3.11. The first kappa shape index (κ1) is 8.81. The lowest BCUT2D eigenvalue weighted by Gasteiger charge is -2.03. The first-order valence-electron chi connectivity index (χ1n) is 4.53. The smallest absolute Gasteiger partial charge is 0.160 e. The zero-order valence-corrected chi connectivity index (χ0v) is 8.03. The second-order valence-electron chi connectivity index (χ2n) is 3.11. The van der Waals surface area contributed by atoms with Gasteiger partial charge < -0.3 is 4.74 Å². The van der Waals surface area contributed by atoms with E-state index in [-0.39, 0.29) is 0 Å². The standard InChI is InChI=1S/C11H12N2O/c1-9-11(7-12-13-9)14-8-10-5-3-2-4-6-10/h2-7H,8H2,1H3,(H,12,13). The van der Waals surface area contributed by atoms with Gasteiger partial charge in [0.1, 0.15) is 12.3 Å². The van der Waals surface area contributed by atoms with Gasteiger partial charge in [0.25, 0.3) is 0 Å². The van der Waals surface area contributed by atoms with Crippen molar-refractivity contribution in [3.63, 3.8) is 0 Å². The third kappa shape index (κ3) is 1.93. The molecule has 1 aromatic carbocycles. The Labute approximate surface area is 82.7 Å². The molecular weight excluding hydrogens is 176 g/mol. The highest BCUT2D eigenvalue weighted by Gasteiger charge is 2.00. The van der Waals surface area contributed by atoms with Crippen molar-refractivity contribution in [3.05, 3.63) is 47.8 Å². The van der Waals surface area contributed by atoms with Gasteiger partial charge in [-0.05, 0) is 12.5 Å². The molecule has 2 rings (SSSR count). The molecule has 0 aliphatic rings. The molecule has 0 aliphatic carbocycles. The summed E-state index contributed by atoms with van der Waals surface area (Å²) < 4.78 is 5.57. The van der Waals surface area contributed by atoms with E-state index in [1.807, 2.05) is 37.3 Å². The first-order valence-corrected chi connectivity index (χ1v) is 4.53. The van der Waals surface area contributed by atoms with Crippen LogP contribution in [0.3, 0.4) is 0 Å². The van der Waals surface area contributed by atoms with Gasteiger partial charge in [0.2, 0.25) is 0 Å². The van der Waals surface area contributed by atoms with Gasteiger partial charge in [-0.3, -0.25) is 5.10 Å². The third-order valence-electron chi connectivity index (χ3n) is 2.02. The van der Waals surface area contributed by atoms with Crippen molar-refractivity contribution in [2.75, 3.05) is 0 Å². The van der Waals surface area contributed by atoms with Crippen LogP contribution >= 0.6 is 0 Å². The summed E-state index contributed by atoms with van der Waals surface area (Å²) in [6.07, 6.45) is 1.76. The number of nitrogens with zero attached hydrogens (tertiary/aromatic N) is 1. The van der Waals surface area contributed by atoms with Gasteiger partial charge in [-0.15, -0.1) is 0 Å². The Balaban J connectivity index is 1.99. The zero-order valence-electron chi connectivity index (χ0n) is 8.03. The number of aromatic amines is 1. The predicted octanol–water partition coefficient (Wildman–Crippen LogP) is 2.30. The van der Waals surface area contributed by atoms with E-state index in [0.717, 1.165) is 17.0 Å². The summed E-state index contributed by atoms with van der Waals surface area (Å²) in [5.74, 6) is 0.814. The molecule has 1 aromatic heterocycles. The molecule has 1 N–H and O–H groups in total. The van der Waals surface area contributed by atoms with Gasteiger partial charge in [-0.1, -0.05) is 30.3 Å². The molecular formula is C11H12N2O. The van der Waals surface area contributed by atoms with Crippen LogP contribution in [-0.4, -0.2) is 10.2 Å². The highest BCUT2D eigenvalue weighted by molar-refractivity contribution is 5.23. The predicted molar refractivity (Wildman–Crippen MR) is 54.1 cm³/mol. The third-order valence-corrected chi connectivity index (χ3v) is 2.02. The molecule has 1 heterocycles. The van der Waals surface area contributed by atoms with Crippen molar-refractivity contribution < 1.29 is 4.74 Å². The molecule has 0 atom stereocenters. The number of rotatable bonds is 3. The number of benzene rings is 1. The van der Waals surface area contributed by atoms with Crippen LogP contribution in [0.1, 0.15) is 11.3 Å². The Hall–Kier alpha value is -1.77. The molecule has 2 aromatic rings. The molecule has 3 nitrogen and oxygen atoms in total. The Morgan fingerprint density at radius 2 is 2.07 bits per heavy atom. The van der Waals surface area contributed by atoms with E-state index in [4.69, 9.17) is 4.74 Å². The van der Waals surface area contributed by atoms with E-state index in [1.54, 1.807) is 6.20 Å². The van der Waals surface area contributed by atoms with Gasteiger partial charge in [-0.2, -0.15) is 5.10 Å². The van der Waals surface area contributed by atoms with Gasteiger partial charge in [0.15, 0.2) is 5.75 Å². The van der Waals surface area contributed by atoms with Crippen LogP contribution in [0.2, 0.25) is 0 Å². The molecule has 0 aliphatic heterocycles. The highest BCUT2D eigenvalue weighted by atomic mass is 16.5. The van der Waals surface area contributed by atoms with Crippen molar-refractivity contribution in [2.45, 2.75) is 13.5 Å². The number of H-pyrrole nitrogens is 1. The maximum atomic E-state index is 5.57. The van der Waals surface area contributed by atoms with Crippen molar-refractivity contribution in [1.29, 1.82) is 0 Å². The van der Waals surface area contributed by atoms with E-state index in [2.05, 4.69) is 10.2 Å². The van der Waals surface area contributed by atoms with Crippen LogP contribution in [0.25, 0.3) is 0 Å². The monoisotopic (exact) mass is 188 g/mol. The second kappa shape index (κ2) is 3.96. The Morgan fingerprint density at radius 1 is 1.29 bits per heavy atom. The average Bonchev–Trinajstić information content (AvgIpc) is 2.63. The molecule has 14 heavy (non-hydrogen) atoms. The lowest BCUT2D eigenvalue weighted by atomic mass is 10.2. The van der Waals surface area contributed by atoms with Crippen LogP contribution in [0, 0.1) is 6.92 Å². The van der Waals surface area contributed by atoms with E-state index >= 15 is 0 Å². The molecule has 0 saturated carbocycles. The minimum Gasteiger partial charge on any atom is -0.485 e.